The van der Waals surface area contributed by atoms with Gasteiger partial charge in [-0.25, -0.2) is 0 Å². The molecule has 0 bridgehead atoms. The molecule has 2 saturated carbocycles. The number of hydrogen-bond acceptors (Lipinski definition) is 1. The van der Waals surface area contributed by atoms with Crippen molar-refractivity contribution in [1.29, 1.82) is 5.26 Å². The normalized spacial score (nSPS) is 28.4. The molecule has 0 spiro atoms. The van der Waals surface area contributed by atoms with E-state index in [1.807, 2.05) is 12.1 Å². The zero-order valence-electron chi connectivity index (χ0n) is 17.9. The third kappa shape index (κ3) is 5.11. The maximum absolute atomic E-state index is 8.99. The van der Waals surface area contributed by atoms with Gasteiger partial charge in [-0.05, 0) is 97.8 Å². The highest BCUT2D eigenvalue weighted by atomic mass is 14.4. The molecule has 2 aromatic carbocycles. The Balaban J connectivity index is 1.22. The zero-order valence-corrected chi connectivity index (χ0v) is 17.9. The minimum absolute atomic E-state index is 0.695. The topological polar surface area (TPSA) is 23.8 Å². The lowest BCUT2D eigenvalue weighted by Gasteiger charge is -2.38. The summed E-state index contributed by atoms with van der Waals surface area (Å²) >= 11 is 0. The molecule has 152 valence electrons. The lowest BCUT2D eigenvalue weighted by Crippen LogP contribution is -2.25. The smallest absolute Gasteiger partial charge is 0.0991 e. The van der Waals surface area contributed by atoms with Crippen LogP contribution in [0.15, 0.2) is 54.6 Å². The van der Waals surface area contributed by atoms with E-state index in [9.17, 15) is 0 Å². The highest BCUT2D eigenvalue weighted by molar-refractivity contribution is 5.33. The van der Waals surface area contributed by atoms with E-state index in [4.69, 9.17) is 5.26 Å². The first-order valence-corrected chi connectivity index (χ1v) is 11.8. The molecule has 1 nitrogen and oxygen atoms in total. The molecule has 2 aromatic rings. The molecule has 2 fully saturated rings. The van der Waals surface area contributed by atoms with E-state index in [0.717, 1.165) is 23.3 Å². The third-order valence-corrected chi connectivity index (χ3v) is 7.90. The second kappa shape index (κ2) is 9.62. The average Bonchev–Trinajstić information content (AvgIpc) is 2.80. The van der Waals surface area contributed by atoms with Gasteiger partial charge in [0.1, 0.15) is 0 Å². The van der Waals surface area contributed by atoms with E-state index in [0.29, 0.717) is 11.8 Å². The quantitative estimate of drug-likeness (QED) is 0.514. The van der Waals surface area contributed by atoms with Crippen molar-refractivity contribution >= 4 is 0 Å². The van der Waals surface area contributed by atoms with E-state index in [2.05, 4.69) is 55.5 Å². The van der Waals surface area contributed by atoms with Gasteiger partial charge in [0.15, 0.2) is 0 Å². The molecule has 29 heavy (non-hydrogen) atoms. The highest BCUT2D eigenvalue weighted by Gasteiger charge is 2.31. The average molecular weight is 386 g/mol. The number of hydrogen-bond donors (Lipinski definition) is 0. The van der Waals surface area contributed by atoms with Crippen LogP contribution in [0.25, 0.3) is 0 Å². The highest BCUT2D eigenvalue weighted by Crippen LogP contribution is 2.45. The lowest BCUT2D eigenvalue weighted by molar-refractivity contribution is 0.154. The van der Waals surface area contributed by atoms with Crippen molar-refractivity contribution in [3.05, 3.63) is 71.3 Å². The van der Waals surface area contributed by atoms with Gasteiger partial charge >= 0.3 is 0 Å². The predicted molar refractivity (Wildman–Crippen MR) is 121 cm³/mol. The zero-order chi connectivity index (χ0) is 20.1. The molecule has 2 aliphatic carbocycles. The molecule has 0 amide bonds. The van der Waals surface area contributed by atoms with Gasteiger partial charge in [-0.2, -0.15) is 5.26 Å². The molecular weight excluding hydrogens is 350 g/mol. The SMILES string of the molecule is C[C@@H](CC1CCC(C2CCC(c3ccc(C#N)cc3)CC2)CC1)c1ccccc1. The lowest BCUT2D eigenvalue weighted by atomic mass is 9.67. The van der Waals surface area contributed by atoms with Crippen LogP contribution in [-0.2, 0) is 0 Å². The Hall–Kier alpha value is -2.07. The first-order chi connectivity index (χ1) is 14.2. The summed E-state index contributed by atoms with van der Waals surface area (Å²) in [5.41, 5.74) is 3.73. The van der Waals surface area contributed by atoms with Crippen molar-refractivity contribution in [2.45, 2.75) is 76.5 Å². The Labute approximate surface area is 177 Å². The fourth-order valence-corrected chi connectivity index (χ4v) is 6.07. The molecule has 0 N–H and O–H groups in total. The van der Waals surface area contributed by atoms with Crippen molar-refractivity contribution in [1.82, 2.24) is 0 Å². The number of benzene rings is 2. The molecule has 4 rings (SSSR count). The van der Waals surface area contributed by atoms with E-state index in [1.54, 1.807) is 0 Å². The molecule has 0 aliphatic heterocycles. The second-order valence-electron chi connectivity index (χ2n) is 9.67. The van der Waals surface area contributed by atoms with Crippen molar-refractivity contribution in [3.8, 4) is 6.07 Å². The van der Waals surface area contributed by atoms with Crippen LogP contribution in [0.2, 0.25) is 0 Å². The van der Waals surface area contributed by atoms with Crippen LogP contribution in [0.3, 0.4) is 0 Å². The Morgan fingerprint density at radius 3 is 1.97 bits per heavy atom. The monoisotopic (exact) mass is 385 g/mol. The van der Waals surface area contributed by atoms with Crippen molar-refractivity contribution in [2.75, 3.05) is 0 Å². The van der Waals surface area contributed by atoms with Gasteiger partial charge in [-0.1, -0.05) is 62.2 Å². The fourth-order valence-electron chi connectivity index (χ4n) is 6.07. The summed E-state index contributed by atoms with van der Waals surface area (Å²) in [5.74, 6) is 4.26. The molecule has 0 saturated heterocycles. The second-order valence-corrected chi connectivity index (χ2v) is 9.67. The van der Waals surface area contributed by atoms with Crippen LogP contribution in [0.5, 0.6) is 0 Å². The van der Waals surface area contributed by atoms with E-state index >= 15 is 0 Å². The summed E-state index contributed by atoms with van der Waals surface area (Å²) in [4.78, 5) is 0. The van der Waals surface area contributed by atoms with Gasteiger partial charge in [-0.3, -0.25) is 0 Å². The maximum Gasteiger partial charge on any atom is 0.0991 e. The summed E-state index contributed by atoms with van der Waals surface area (Å²) in [5, 5.41) is 8.99. The van der Waals surface area contributed by atoms with Crippen LogP contribution in [0.4, 0.5) is 0 Å². The van der Waals surface area contributed by atoms with Crippen molar-refractivity contribution in [2.24, 2.45) is 17.8 Å². The Kier molecular flexibility index (Phi) is 6.70. The van der Waals surface area contributed by atoms with Gasteiger partial charge in [-0.15, -0.1) is 0 Å². The molecule has 2 aliphatic rings. The minimum atomic E-state index is 0.695. The Morgan fingerprint density at radius 2 is 1.38 bits per heavy atom. The Bertz CT molecular complexity index is 784. The summed E-state index contributed by atoms with van der Waals surface area (Å²) in [6.45, 7) is 2.41. The first-order valence-electron chi connectivity index (χ1n) is 11.8. The van der Waals surface area contributed by atoms with Crippen molar-refractivity contribution < 1.29 is 0 Å². The van der Waals surface area contributed by atoms with Gasteiger partial charge in [0, 0.05) is 0 Å². The van der Waals surface area contributed by atoms with E-state index in [1.165, 1.54) is 68.9 Å². The molecule has 1 heteroatoms. The molecule has 0 aromatic heterocycles. The Morgan fingerprint density at radius 1 is 0.793 bits per heavy atom. The summed E-state index contributed by atoms with van der Waals surface area (Å²) < 4.78 is 0. The molecule has 0 unspecified atom stereocenters. The molecule has 0 heterocycles. The van der Waals surface area contributed by atoms with Gasteiger partial charge in [0.05, 0.1) is 11.6 Å². The standard InChI is InChI=1S/C28H35N/c1-21(24-5-3-2-4-6-24)19-22-7-11-25(12-8-22)27-15-17-28(18-16-27)26-13-9-23(20-29)10-14-26/h2-6,9-10,13-14,21-22,25,27-28H,7-8,11-12,15-19H2,1H3/t21-,22?,25?,27?,28?/m0/s1. The first kappa shape index (κ1) is 20.2. The van der Waals surface area contributed by atoms with E-state index < -0.39 is 0 Å². The number of nitriles is 1. The minimum Gasteiger partial charge on any atom is -0.192 e. The maximum atomic E-state index is 8.99. The van der Waals surface area contributed by atoms with Crippen molar-refractivity contribution in [3.63, 3.8) is 0 Å². The largest absolute Gasteiger partial charge is 0.192 e. The van der Waals surface area contributed by atoms with Crippen LogP contribution >= 0.6 is 0 Å². The summed E-state index contributed by atoms with van der Waals surface area (Å²) in [6, 6.07) is 21.6. The van der Waals surface area contributed by atoms with Crippen LogP contribution in [0.1, 0.15) is 93.2 Å². The predicted octanol–water partition coefficient (Wildman–Crippen LogP) is 7.83. The molecule has 1 atom stereocenters. The number of rotatable bonds is 5. The van der Waals surface area contributed by atoms with Gasteiger partial charge < -0.3 is 0 Å². The molecular formula is C28H35N. The third-order valence-electron chi connectivity index (χ3n) is 7.90. The van der Waals surface area contributed by atoms with Crippen LogP contribution in [-0.4, -0.2) is 0 Å². The van der Waals surface area contributed by atoms with Crippen LogP contribution < -0.4 is 0 Å². The number of nitrogens with zero attached hydrogens (tertiary/aromatic N) is 1. The molecule has 0 radical (unpaired) electrons. The summed E-state index contributed by atoms with van der Waals surface area (Å²) in [6.07, 6.45) is 12.6. The van der Waals surface area contributed by atoms with Crippen LogP contribution in [0, 0.1) is 29.1 Å². The van der Waals surface area contributed by atoms with Gasteiger partial charge in [0.2, 0.25) is 0 Å². The summed E-state index contributed by atoms with van der Waals surface area (Å²) in [7, 11) is 0. The van der Waals surface area contributed by atoms with E-state index in [-0.39, 0.29) is 0 Å². The van der Waals surface area contributed by atoms with Gasteiger partial charge in [0.25, 0.3) is 0 Å². The fraction of sp³-hybridized carbons (Fsp3) is 0.536.